The average molecular weight is 287 g/mol. The van der Waals surface area contributed by atoms with Crippen molar-refractivity contribution in [3.63, 3.8) is 0 Å². The molecule has 1 atom stereocenters. The summed E-state index contributed by atoms with van der Waals surface area (Å²) in [6.07, 6.45) is 2.22. The number of rotatable bonds is 5. The first-order valence-corrected chi connectivity index (χ1v) is 7.46. The number of likely N-dealkylation sites (tertiary alicyclic amines) is 1. The first-order valence-electron chi connectivity index (χ1n) is 7.46. The fourth-order valence-electron chi connectivity index (χ4n) is 2.94. The number of amides is 1. The third-order valence-corrected chi connectivity index (χ3v) is 4.06. The number of hydrogen-bond donors (Lipinski definition) is 1. The Morgan fingerprint density at radius 2 is 2.33 bits per heavy atom. The molecule has 1 aromatic carbocycles. The smallest absolute Gasteiger partial charge is 0.223 e. The van der Waals surface area contributed by atoms with Gasteiger partial charge in [-0.1, -0.05) is 12.1 Å². The molecule has 0 aliphatic carbocycles. The van der Waals surface area contributed by atoms with Crippen molar-refractivity contribution in [3.05, 3.63) is 30.1 Å². The summed E-state index contributed by atoms with van der Waals surface area (Å²) < 4.78 is 5.16. The van der Waals surface area contributed by atoms with Gasteiger partial charge in [0.15, 0.2) is 0 Å². The minimum Gasteiger partial charge on any atom is -0.384 e. The van der Waals surface area contributed by atoms with Crippen molar-refractivity contribution in [3.8, 4) is 0 Å². The van der Waals surface area contributed by atoms with Crippen LogP contribution in [0.15, 0.2) is 24.3 Å². The van der Waals surface area contributed by atoms with Crippen molar-refractivity contribution in [2.24, 2.45) is 5.92 Å². The summed E-state index contributed by atoms with van der Waals surface area (Å²) in [5.74, 6) is 1.59. The Kier molecular flexibility index (Phi) is 4.20. The summed E-state index contributed by atoms with van der Waals surface area (Å²) in [5.41, 5.74) is 1.99. The van der Waals surface area contributed by atoms with E-state index in [1.807, 2.05) is 29.2 Å². The molecule has 112 valence electrons. The van der Waals surface area contributed by atoms with Crippen LogP contribution in [0.1, 0.15) is 18.7 Å². The number of benzene rings is 1. The highest BCUT2D eigenvalue weighted by Gasteiger charge is 2.25. The number of methoxy groups -OCH3 is 1. The highest BCUT2D eigenvalue weighted by Crippen LogP contribution is 2.18. The zero-order valence-corrected chi connectivity index (χ0v) is 12.3. The Bertz CT molecular complexity index is 590. The van der Waals surface area contributed by atoms with Crippen LogP contribution in [0, 0.1) is 5.92 Å². The Labute approximate surface area is 124 Å². The molecule has 0 bridgehead atoms. The van der Waals surface area contributed by atoms with E-state index in [-0.39, 0.29) is 5.91 Å². The van der Waals surface area contributed by atoms with E-state index in [9.17, 15) is 4.79 Å². The van der Waals surface area contributed by atoms with Gasteiger partial charge in [0.25, 0.3) is 0 Å². The topological polar surface area (TPSA) is 58.2 Å². The van der Waals surface area contributed by atoms with Crippen LogP contribution >= 0.6 is 0 Å². The number of H-pyrrole nitrogens is 1. The molecule has 1 amide bonds. The monoisotopic (exact) mass is 287 g/mol. The van der Waals surface area contributed by atoms with E-state index in [0.29, 0.717) is 18.8 Å². The first-order chi connectivity index (χ1) is 10.3. The predicted molar refractivity (Wildman–Crippen MR) is 81.0 cm³/mol. The van der Waals surface area contributed by atoms with E-state index in [0.717, 1.165) is 43.0 Å². The maximum Gasteiger partial charge on any atom is 0.223 e. The van der Waals surface area contributed by atoms with Crippen molar-refractivity contribution in [2.75, 3.05) is 26.8 Å². The Hall–Kier alpha value is -1.88. The van der Waals surface area contributed by atoms with Crippen molar-refractivity contribution in [1.29, 1.82) is 0 Å². The zero-order valence-electron chi connectivity index (χ0n) is 12.3. The van der Waals surface area contributed by atoms with Gasteiger partial charge in [-0.15, -0.1) is 0 Å². The molecule has 1 aromatic heterocycles. The Morgan fingerprint density at radius 3 is 3.14 bits per heavy atom. The van der Waals surface area contributed by atoms with Crippen molar-refractivity contribution < 1.29 is 9.53 Å². The molecule has 1 saturated heterocycles. The van der Waals surface area contributed by atoms with Crippen LogP contribution < -0.4 is 0 Å². The van der Waals surface area contributed by atoms with Crippen LogP contribution in [-0.4, -0.2) is 47.6 Å². The molecule has 0 radical (unpaired) electrons. The molecule has 3 rings (SSSR count). The van der Waals surface area contributed by atoms with Gasteiger partial charge in [-0.25, -0.2) is 4.98 Å². The number of imidazole rings is 1. The summed E-state index contributed by atoms with van der Waals surface area (Å²) in [4.78, 5) is 22.0. The number of nitrogens with zero attached hydrogens (tertiary/aromatic N) is 2. The molecule has 5 heteroatoms. The second kappa shape index (κ2) is 6.26. The number of nitrogens with one attached hydrogen (secondary N) is 1. The van der Waals surface area contributed by atoms with Gasteiger partial charge in [-0.2, -0.15) is 0 Å². The lowest BCUT2D eigenvalue weighted by Crippen LogP contribution is -2.29. The first kappa shape index (κ1) is 14.1. The minimum atomic E-state index is 0.217. The fraction of sp³-hybridized carbons (Fsp3) is 0.500. The number of aryl methyl sites for hydroxylation is 1. The van der Waals surface area contributed by atoms with Crippen LogP contribution in [0.4, 0.5) is 0 Å². The van der Waals surface area contributed by atoms with Gasteiger partial charge in [0.2, 0.25) is 5.91 Å². The lowest BCUT2D eigenvalue weighted by atomic mass is 10.1. The maximum atomic E-state index is 12.2. The largest absolute Gasteiger partial charge is 0.384 e. The lowest BCUT2D eigenvalue weighted by molar-refractivity contribution is -0.130. The molecule has 1 aliphatic rings. The molecule has 0 saturated carbocycles. The van der Waals surface area contributed by atoms with Crippen molar-refractivity contribution in [1.82, 2.24) is 14.9 Å². The number of aromatic amines is 1. The molecule has 5 nitrogen and oxygen atoms in total. The zero-order chi connectivity index (χ0) is 14.7. The number of carbonyl (C=O) groups excluding carboxylic acids is 1. The molecular formula is C16H21N3O2. The van der Waals surface area contributed by atoms with Crippen molar-refractivity contribution in [2.45, 2.75) is 19.3 Å². The number of carbonyl (C=O) groups is 1. The number of hydrogen-bond acceptors (Lipinski definition) is 3. The molecule has 0 unspecified atom stereocenters. The molecule has 2 heterocycles. The minimum absolute atomic E-state index is 0.217. The van der Waals surface area contributed by atoms with E-state index in [4.69, 9.17) is 4.74 Å². The fourth-order valence-corrected chi connectivity index (χ4v) is 2.94. The Morgan fingerprint density at radius 1 is 1.48 bits per heavy atom. The summed E-state index contributed by atoms with van der Waals surface area (Å²) in [6, 6.07) is 7.93. The van der Waals surface area contributed by atoms with E-state index < -0.39 is 0 Å². The molecule has 2 aromatic rings. The van der Waals surface area contributed by atoms with Crippen LogP contribution in [0.2, 0.25) is 0 Å². The lowest BCUT2D eigenvalue weighted by Gasteiger charge is -2.16. The van der Waals surface area contributed by atoms with Crippen molar-refractivity contribution >= 4 is 16.9 Å². The van der Waals surface area contributed by atoms with Crippen LogP contribution in [0.25, 0.3) is 11.0 Å². The van der Waals surface area contributed by atoms with E-state index in [2.05, 4.69) is 9.97 Å². The normalized spacial score (nSPS) is 18.5. The summed E-state index contributed by atoms with van der Waals surface area (Å²) in [6.45, 7) is 2.42. The van der Waals surface area contributed by atoms with E-state index in [1.54, 1.807) is 7.11 Å². The van der Waals surface area contributed by atoms with Gasteiger partial charge in [0.05, 0.1) is 17.6 Å². The molecule has 21 heavy (non-hydrogen) atoms. The predicted octanol–water partition coefficient (Wildman–Crippen LogP) is 1.99. The van der Waals surface area contributed by atoms with E-state index in [1.165, 1.54) is 0 Å². The van der Waals surface area contributed by atoms with Gasteiger partial charge < -0.3 is 14.6 Å². The standard InChI is InChI=1S/C16H21N3O2/c1-21-11-12-8-9-19(10-12)16(20)7-6-15-17-13-4-2-3-5-14(13)18-15/h2-5,12H,6-11H2,1H3,(H,17,18)/t12-/m1/s1. The van der Waals surface area contributed by atoms with Crippen LogP contribution in [0.3, 0.4) is 0 Å². The third-order valence-electron chi connectivity index (χ3n) is 4.06. The number of para-hydroxylation sites is 2. The summed E-state index contributed by atoms with van der Waals surface area (Å²) in [7, 11) is 1.71. The molecule has 1 N–H and O–H groups in total. The maximum absolute atomic E-state index is 12.2. The van der Waals surface area contributed by atoms with Gasteiger partial charge in [-0.3, -0.25) is 4.79 Å². The second-order valence-corrected chi connectivity index (χ2v) is 5.65. The SMILES string of the molecule is COC[C@@H]1CCN(C(=O)CCc2nc3ccccc3[nH]2)C1. The second-order valence-electron chi connectivity index (χ2n) is 5.65. The van der Waals surface area contributed by atoms with Gasteiger partial charge in [0.1, 0.15) is 5.82 Å². The van der Waals surface area contributed by atoms with Gasteiger partial charge >= 0.3 is 0 Å². The third kappa shape index (κ3) is 3.24. The number of fused-ring (bicyclic) bond motifs is 1. The summed E-state index contributed by atoms with van der Waals surface area (Å²) in [5, 5.41) is 0. The van der Waals surface area contributed by atoms with Crippen LogP contribution in [0.5, 0.6) is 0 Å². The summed E-state index contributed by atoms with van der Waals surface area (Å²) >= 11 is 0. The molecule has 1 fully saturated rings. The highest BCUT2D eigenvalue weighted by atomic mass is 16.5. The number of ether oxygens (including phenoxy) is 1. The quantitative estimate of drug-likeness (QED) is 0.915. The van der Waals surface area contributed by atoms with Crippen LogP contribution in [-0.2, 0) is 16.0 Å². The Balaban J connectivity index is 1.54. The highest BCUT2D eigenvalue weighted by molar-refractivity contribution is 5.77. The van der Waals surface area contributed by atoms with Gasteiger partial charge in [0, 0.05) is 39.0 Å². The molecule has 1 aliphatic heterocycles. The number of aromatic nitrogens is 2. The molecule has 0 spiro atoms. The van der Waals surface area contributed by atoms with E-state index >= 15 is 0 Å². The average Bonchev–Trinajstić information content (AvgIpc) is 3.11. The van der Waals surface area contributed by atoms with Gasteiger partial charge in [-0.05, 0) is 18.6 Å². The molecular weight excluding hydrogens is 266 g/mol.